The largest absolute Gasteiger partial charge is 0.432 e. The van der Waals surface area contributed by atoms with E-state index in [0.717, 1.165) is 44.6 Å². The molecule has 0 unspecified atom stereocenters. The third-order valence-corrected chi connectivity index (χ3v) is 4.68. The first-order chi connectivity index (χ1) is 11.7. The Hall–Kier alpha value is -2.06. The van der Waals surface area contributed by atoms with Crippen molar-refractivity contribution in [2.24, 2.45) is 10.9 Å². The van der Waals surface area contributed by atoms with Crippen molar-refractivity contribution in [2.45, 2.75) is 63.6 Å². The fourth-order valence-corrected chi connectivity index (χ4v) is 2.75. The summed E-state index contributed by atoms with van der Waals surface area (Å²) in [6.07, 6.45) is 1.85. The van der Waals surface area contributed by atoms with Crippen molar-refractivity contribution in [3.8, 4) is 0 Å². The van der Waals surface area contributed by atoms with Gasteiger partial charge in [-0.2, -0.15) is 18.3 Å². The van der Waals surface area contributed by atoms with Gasteiger partial charge in [-0.25, -0.2) is 4.99 Å². The third kappa shape index (κ3) is 4.96. The first kappa shape index (κ1) is 17.8. The third-order valence-electron chi connectivity index (χ3n) is 4.68. The number of aromatic amines is 1. The average Bonchev–Trinajstić information content (AvgIpc) is 3.19. The zero-order valence-electron chi connectivity index (χ0n) is 14.0. The molecule has 9 heteroatoms. The summed E-state index contributed by atoms with van der Waals surface area (Å²) in [7, 11) is 0. The molecule has 138 valence electrons. The minimum atomic E-state index is -4.50. The molecule has 6 nitrogen and oxygen atoms in total. The lowest BCUT2D eigenvalue weighted by Crippen LogP contribution is -2.41. The van der Waals surface area contributed by atoms with Crippen molar-refractivity contribution in [3.05, 3.63) is 11.8 Å². The van der Waals surface area contributed by atoms with Crippen LogP contribution in [0.25, 0.3) is 0 Å². The SMILES string of the molecule is CC1(N=C(NC(=O)CCC2CC2)Nc2cc(C(F)(F)F)[nH]n2)CCC1. The van der Waals surface area contributed by atoms with Crippen molar-refractivity contribution in [3.63, 3.8) is 0 Å². The van der Waals surface area contributed by atoms with Crippen LogP contribution in [0.5, 0.6) is 0 Å². The van der Waals surface area contributed by atoms with Gasteiger partial charge in [-0.05, 0) is 38.5 Å². The molecule has 1 aromatic heterocycles. The van der Waals surface area contributed by atoms with Crippen molar-refractivity contribution in [2.75, 3.05) is 5.32 Å². The topological polar surface area (TPSA) is 82.2 Å². The minimum Gasteiger partial charge on any atom is -0.309 e. The van der Waals surface area contributed by atoms with Crippen LogP contribution >= 0.6 is 0 Å². The second-order valence-corrected chi connectivity index (χ2v) is 7.13. The quantitative estimate of drug-likeness (QED) is 0.558. The summed E-state index contributed by atoms with van der Waals surface area (Å²) in [6.45, 7) is 1.96. The van der Waals surface area contributed by atoms with E-state index in [9.17, 15) is 18.0 Å². The number of carbonyl (C=O) groups is 1. The molecule has 0 aliphatic heterocycles. The van der Waals surface area contributed by atoms with E-state index in [0.29, 0.717) is 12.3 Å². The monoisotopic (exact) mass is 357 g/mol. The lowest BCUT2D eigenvalue weighted by molar-refractivity contribution is -0.141. The van der Waals surface area contributed by atoms with Crippen LogP contribution in [0.1, 0.15) is 57.6 Å². The summed E-state index contributed by atoms with van der Waals surface area (Å²) in [5.41, 5.74) is -1.25. The van der Waals surface area contributed by atoms with Crippen molar-refractivity contribution in [1.29, 1.82) is 0 Å². The number of carbonyl (C=O) groups excluding carboxylic acids is 1. The van der Waals surface area contributed by atoms with Gasteiger partial charge in [0.05, 0.1) is 5.54 Å². The van der Waals surface area contributed by atoms with Crippen LogP contribution in [0.4, 0.5) is 19.0 Å². The Labute approximate surface area is 143 Å². The Morgan fingerprint density at radius 2 is 2.16 bits per heavy atom. The van der Waals surface area contributed by atoms with Crippen LogP contribution in [0.2, 0.25) is 0 Å². The fraction of sp³-hybridized carbons (Fsp3) is 0.688. The molecule has 3 N–H and O–H groups in total. The number of guanidine groups is 1. The average molecular weight is 357 g/mol. The number of alkyl halides is 3. The molecule has 0 spiro atoms. The lowest BCUT2D eigenvalue weighted by atomic mass is 9.79. The van der Waals surface area contributed by atoms with Crippen LogP contribution in [0.15, 0.2) is 11.1 Å². The number of H-pyrrole nitrogens is 1. The highest BCUT2D eigenvalue weighted by Crippen LogP contribution is 2.35. The van der Waals surface area contributed by atoms with Crippen molar-refractivity contribution < 1.29 is 18.0 Å². The Morgan fingerprint density at radius 1 is 1.44 bits per heavy atom. The minimum absolute atomic E-state index is 0.0310. The highest BCUT2D eigenvalue weighted by Gasteiger charge is 2.34. The van der Waals surface area contributed by atoms with E-state index in [-0.39, 0.29) is 23.2 Å². The number of nitrogens with one attached hydrogen (secondary N) is 3. The molecule has 0 radical (unpaired) electrons. The lowest BCUT2D eigenvalue weighted by Gasteiger charge is -2.34. The molecule has 1 heterocycles. The molecular weight excluding hydrogens is 335 g/mol. The fourth-order valence-electron chi connectivity index (χ4n) is 2.75. The molecule has 1 aromatic rings. The molecule has 25 heavy (non-hydrogen) atoms. The molecule has 2 fully saturated rings. The van der Waals surface area contributed by atoms with E-state index in [1.165, 1.54) is 0 Å². The second kappa shape index (κ2) is 6.68. The highest BCUT2D eigenvalue weighted by atomic mass is 19.4. The number of anilines is 1. The van der Waals surface area contributed by atoms with Crippen LogP contribution < -0.4 is 10.6 Å². The van der Waals surface area contributed by atoms with Crippen LogP contribution in [-0.2, 0) is 11.0 Å². The van der Waals surface area contributed by atoms with Gasteiger partial charge in [0, 0.05) is 12.5 Å². The Bertz CT molecular complexity index is 659. The number of aliphatic imine (C=N–C) groups is 1. The Balaban J connectivity index is 1.67. The van der Waals surface area contributed by atoms with Crippen molar-refractivity contribution in [1.82, 2.24) is 15.5 Å². The van der Waals surface area contributed by atoms with E-state index in [4.69, 9.17) is 0 Å². The van der Waals surface area contributed by atoms with E-state index in [2.05, 4.69) is 20.7 Å². The van der Waals surface area contributed by atoms with E-state index in [1.807, 2.05) is 12.0 Å². The van der Waals surface area contributed by atoms with E-state index < -0.39 is 11.9 Å². The van der Waals surface area contributed by atoms with Gasteiger partial charge in [0.2, 0.25) is 11.9 Å². The number of rotatable bonds is 5. The normalized spacial score (nSPS) is 20.1. The second-order valence-electron chi connectivity index (χ2n) is 7.13. The molecule has 0 atom stereocenters. The van der Waals surface area contributed by atoms with Crippen LogP contribution in [-0.4, -0.2) is 27.6 Å². The van der Waals surface area contributed by atoms with Gasteiger partial charge in [-0.1, -0.05) is 12.8 Å². The molecule has 0 aromatic carbocycles. The summed E-state index contributed by atoms with van der Waals surface area (Å²) in [5, 5.41) is 10.9. The van der Waals surface area contributed by atoms with Gasteiger partial charge in [0.15, 0.2) is 5.82 Å². The van der Waals surface area contributed by atoms with Gasteiger partial charge < -0.3 is 5.32 Å². The number of hydrogen-bond donors (Lipinski definition) is 3. The summed E-state index contributed by atoms with van der Waals surface area (Å²) < 4.78 is 38.0. The molecule has 1 amide bonds. The molecule has 2 aliphatic rings. The predicted molar refractivity (Wildman–Crippen MR) is 87.0 cm³/mol. The molecule has 2 saturated carbocycles. The zero-order valence-corrected chi connectivity index (χ0v) is 14.0. The number of nitrogens with zero attached hydrogens (tertiary/aromatic N) is 2. The molecule has 0 bridgehead atoms. The van der Waals surface area contributed by atoms with E-state index in [1.54, 1.807) is 0 Å². The van der Waals surface area contributed by atoms with Gasteiger partial charge in [0.1, 0.15) is 5.69 Å². The molecule has 2 aliphatic carbocycles. The molecule has 3 rings (SSSR count). The van der Waals surface area contributed by atoms with Crippen LogP contribution in [0.3, 0.4) is 0 Å². The number of amides is 1. The van der Waals surface area contributed by atoms with Crippen molar-refractivity contribution >= 4 is 17.7 Å². The van der Waals surface area contributed by atoms with Gasteiger partial charge in [0.25, 0.3) is 0 Å². The van der Waals surface area contributed by atoms with Gasteiger partial charge >= 0.3 is 6.18 Å². The predicted octanol–water partition coefficient (Wildman–Crippen LogP) is 3.45. The summed E-state index contributed by atoms with van der Waals surface area (Å²) in [4.78, 5) is 16.6. The first-order valence-electron chi connectivity index (χ1n) is 8.53. The smallest absolute Gasteiger partial charge is 0.309 e. The van der Waals surface area contributed by atoms with E-state index >= 15 is 0 Å². The summed E-state index contributed by atoms with van der Waals surface area (Å²) >= 11 is 0. The maximum atomic E-state index is 12.7. The maximum Gasteiger partial charge on any atom is 0.432 e. The summed E-state index contributed by atoms with van der Waals surface area (Å²) in [6, 6.07) is 0.856. The first-order valence-corrected chi connectivity index (χ1v) is 8.53. The summed E-state index contributed by atoms with van der Waals surface area (Å²) in [5.74, 6) is 0.566. The maximum absolute atomic E-state index is 12.7. The number of halogens is 3. The molecular formula is C16H22F3N5O. The zero-order chi connectivity index (χ0) is 18.1. The number of aromatic nitrogens is 2. The van der Waals surface area contributed by atoms with Gasteiger partial charge in [-0.15, -0.1) is 0 Å². The van der Waals surface area contributed by atoms with Crippen LogP contribution in [0, 0.1) is 5.92 Å². The highest BCUT2D eigenvalue weighted by molar-refractivity contribution is 6.03. The molecule has 0 saturated heterocycles. The Morgan fingerprint density at radius 3 is 2.68 bits per heavy atom. The number of hydrogen-bond acceptors (Lipinski definition) is 3. The van der Waals surface area contributed by atoms with Gasteiger partial charge in [-0.3, -0.25) is 15.2 Å². The standard InChI is InChI=1S/C16H22F3N5O/c1-15(7-2-8-15)22-14(21-13(25)6-5-10-3-4-10)20-12-9-11(23-24-12)16(17,18)19/h9-10H,2-8H2,1H3,(H3,20,21,22,23,24,25). The Kier molecular flexibility index (Phi) is 4.75.